The van der Waals surface area contributed by atoms with E-state index < -0.39 is 41.6 Å². The first-order valence-corrected chi connectivity index (χ1v) is 17.6. The van der Waals surface area contributed by atoms with Gasteiger partial charge in [-0.1, -0.05) is 119 Å². The quantitative estimate of drug-likeness (QED) is 0.147. The highest BCUT2D eigenvalue weighted by atomic mass is 16.6. The molecule has 0 aliphatic carbocycles. The van der Waals surface area contributed by atoms with E-state index in [2.05, 4.69) is 24.5 Å². The second kappa shape index (κ2) is 19.5. The van der Waals surface area contributed by atoms with Gasteiger partial charge in [0.1, 0.15) is 30.8 Å². The molecular weight excluding hydrogens is 630 g/mol. The molecule has 0 saturated carbocycles. The van der Waals surface area contributed by atoms with Crippen molar-refractivity contribution in [3.05, 3.63) is 108 Å². The summed E-state index contributed by atoms with van der Waals surface area (Å²) in [5, 5.41) is 5.75. The van der Waals surface area contributed by atoms with Crippen molar-refractivity contribution in [3.63, 3.8) is 0 Å². The summed E-state index contributed by atoms with van der Waals surface area (Å²) >= 11 is 0. The van der Waals surface area contributed by atoms with Crippen LogP contribution in [0.5, 0.6) is 0 Å². The lowest BCUT2D eigenvalue weighted by Gasteiger charge is -2.32. The van der Waals surface area contributed by atoms with Crippen LogP contribution in [0.25, 0.3) is 0 Å². The number of hydrogen-bond donors (Lipinski definition) is 2. The van der Waals surface area contributed by atoms with E-state index in [-0.39, 0.29) is 43.9 Å². The number of nitrogens with one attached hydrogen (secondary N) is 2. The van der Waals surface area contributed by atoms with Gasteiger partial charge in [-0.25, -0.2) is 9.59 Å². The highest BCUT2D eigenvalue weighted by Gasteiger charge is 2.32. The Morgan fingerprint density at radius 2 is 1.30 bits per heavy atom. The summed E-state index contributed by atoms with van der Waals surface area (Å²) in [6.45, 7) is 13.4. The van der Waals surface area contributed by atoms with Crippen molar-refractivity contribution < 1.29 is 28.7 Å². The van der Waals surface area contributed by atoms with Gasteiger partial charge in [-0.15, -0.1) is 0 Å². The first kappa shape index (κ1) is 39.8. The SMILES string of the molecule is CC(C)C[C@@H](NC(=O)[C@@H](CCc1ccccc1)NC(=O)CN(C[C@@H](c1ccccc1)C(C)C)C(=O)OC(C)(C)C)C(=O)OCc1ccccc1. The van der Waals surface area contributed by atoms with Crippen LogP contribution < -0.4 is 10.6 Å². The molecule has 0 aromatic heterocycles. The molecule has 3 aromatic rings. The predicted molar refractivity (Wildman–Crippen MR) is 196 cm³/mol. The van der Waals surface area contributed by atoms with Crippen LogP contribution in [0.4, 0.5) is 4.79 Å². The van der Waals surface area contributed by atoms with Crippen molar-refractivity contribution >= 4 is 23.9 Å². The normalized spacial score (nSPS) is 13.2. The third-order valence-electron chi connectivity index (χ3n) is 8.18. The number of ether oxygens (including phenoxy) is 2. The molecule has 0 bridgehead atoms. The fourth-order valence-corrected chi connectivity index (χ4v) is 5.59. The summed E-state index contributed by atoms with van der Waals surface area (Å²) in [5.74, 6) is -1.36. The zero-order valence-corrected chi connectivity index (χ0v) is 30.7. The van der Waals surface area contributed by atoms with Gasteiger partial charge in [0.05, 0.1) is 0 Å². The zero-order valence-electron chi connectivity index (χ0n) is 30.7. The molecular formula is C41H55N3O6. The molecule has 0 unspecified atom stereocenters. The maximum Gasteiger partial charge on any atom is 0.410 e. The Hall–Kier alpha value is -4.66. The molecule has 0 radical (unpaired) electrons. The number of carbonyl (C=O) groups is 4. The van der Waals surface area contributed by atoms with Crippen LogP contribution in [0.1, 0.15) is 83.9 Å². The monoisotopic (exact) mass is 685 g/mol. The average Bonchev–Trinajstić information content (AvgIpc) is 3.07. The smallest absolute Gasteiger partial charge is 0.410 e. The van der Waals surface area contributed by atoms with Crippen LogP contribution in [0.2, 0.25) is 0 Å². The van der Waals surface area contributed by atoms with E-state index in [1.165, 1.54) is 4.90 Å². The molecule has 270 valence electrons. The maximum absolute atomic E-state index is 13.9. The van der Waals surface area contributed by atoms with Crippen LogP contribution in [-0.2, 0) is 36.9 Å². The Morgan fingerprint density at radius 3 is 1.84 bits per heavy atom. The van der Waals surface area contributed by atoms with E-state index in [9.17, 15) is 19.2 Å². The minimum Gasteiger partial charge on any atom is -0.459 e. The van der Waals surface area contributed by atoms with E-state index in [0.717, 1.165) is 16.7 Å². The largest absolute Gasteiger partial charge is 0.459 e. The fraction of sp³-hybridized carbons (Fsp3) is 0.463. The first-order chi connectivity index (χ1) is 23.7. The lowest BCUT2D eigenvalue weighted by molar-refractivity contribution is -0.149. The standard InChI is InChI=1S/C41H55N3O6/c1-29(2)25-36(39(47)49-28-32-19-13-9-14-20-32)43-38(46)35(24-23-31-17-11-8-12-18-31)42-37(45)27-44(40(48)50-41(5,6)7)26-34(30(3)4)33-21-15-10-16-22-33/h8-22,29-30,34-36H,23-28H2,1-7H3,(H,42,45)(H,43,46)/t34-,35-,36-/m1/s1. The Morgan fingerprint density at radius 1 is 0.740 bits per heavy atom. The number of benzene rings is 3. The molecule has 3 aromatic carbocycles. The van der Waals surface area contributed by atoms with Gasteiger partial charge in [0, 0.05) is 12.5 Å². The Kier molecular flexibility index (Phi) is 15.5. The van der Waals surface area contributed by atoms with Gasteiger partial charge in [-0.3, -0.25) is 14.5 Å². The number of esters is 1. The van der Waals surface area contributed by atoms with Crippen LogP contribution in [-0.4, -0.2) is 59.6 Å². The minimum atomic E-state index is -0.977. The fourth-order valence-electron chi connectivity index (χ4n) is 5.59. The van der Waals surface area contributed by atoms with Crippen LogP contribution in [0.15, 0.2) is 91.0 Å². The van der Waals surface area contributed by atoms with E-state index in [4.69, 9.17) is 9.47 Å². The van der Waals surface area contributed by atoms with Crippen LogP contribution >= 0.6 is 0 Å². The van der Waals surface area contributed by atoms with Gasteiger partial charge in [0.15, 0.2) is 0 Å². The Bertz CT molecular complexity index is 1490. The lowest BCUT2D eigenvalue weighted by atomic mass is 9.88. The van der Waals surface area contributed by atoms with E-state index in [0.29, 0.717) is 12.8 Å². The summed E-state index contributed by atoms with van der Waals surface area (Å²) in [6, 6.07) is 27.0. The van der Waals surface area contributed by atoms with Crippen molar-refractivity contribution in [2.75, 3.05) is 13.1 Å². The van der Waals surface area contributed by atoms with Gasteiger partial charge in [-0.05, 0) is 68.6 Å². The number of amides is 3. The van der Waals surface area contributed by atoms with Gasteiger partial charge in [-0.2, -0.15) is 0 Å². The molecule has 0 aliphatic rings. The molecule has 0 aliphatic heterocycles. The van der Waals surface area contributed by atoms with E-state index >= 15 is 0 Å². The predicted octanol–water partition coefficient (Wildman–Crippen LogP) is 7.06. The molecule has 3 rings (SSSR count). The highest BCUT2D eigenvalue weighted by molar-refractivity contribution is 5.91. The molecule has 2 N–H and O–H groups in total. The molecule has 9 heteroatoms. The summed E-state index contributed by atoms with van der Waals surface area (Å²) in [7, 11) is 0. The molecule has 0 fully saturated rings. The zero-order chi connectivity index (χ0) is 36.7. The molecule has 0 spiro atoms. The molecule has 50 heavy (non-hydrogen) atoms. The van der Waals surface area contributed by atoms with Gasteiger partial charge >= 0.3 is 12.1 Å². The van der Waals surface area contributed by atoms with Gasteiger partial charge < -0.3 is 20.1 Å². The van der Waals surface area contributed by atoms with Crippen molar-refractivity contribution in [1.29, 1.82) is 0 Å². The number of nitrogens with zero attached hydrogens (tertiary/aromatic N) is 1. The number of rotatable bonds is 17. The summed E-state index contributed by atoms with van der Waals surface area (Å²) in [4.78, 5) is 55.8. The van der Waals surface area contributed by atoms with E-state index in [1.54, 1.807) is 20.8 Å². The molecule has 9 nitrogen and oxygen atoms in total. The Balaban J connectivity index is 1.82. The van der Waals surface area contributed by atoms with E-state index in [1.807, 2.05) is 105 Å². The van der Waals surface area contributed by atoms with Crippen molar-refractivity contribution in [3.8, 4) is 0 Å². The van der Waals surface area contributed by atoms with Gasteiger partial charge in [0.2, 0.25) is 11.8 Å². The number of carbonyl (C=O) groups excluding carboxylic acids is 4. The topological polar surface area (TPSA) is 114 Å². The molecule has 3 atom stereocenters. The third kappa shape index (κ3) is 14.1. The number of hydrogen-bond acceptors (Lipinski definition) is 6. The summed E-state index contributed by atoms with van der Waals surface area (Å²) in [6.07, 6.45) is 0.533. The maximum atomic E-state index is 13.9. The first-order valence-electron chi connectivity index (χ1n) is 17.6. The molecule has 3 amide bonds. The summed E-state index contributed by atoms with van der Waals surface area (Å²) in [5.41, 5.74) is 2.11. The van der Waals surface area contributed by atoms with Crippen LogP contribution in [0, 0.1) is 11.8 Å². The second-order valence-corrected chi connectivity index (χ2v) is 14.6. The summed E-state index contributed by atoms with van der Waals surface area (Å²) < 4.78 is 11.3. The van der Waals surface area contributed by atoms with Gasteiger partial charge in [0.25, 0.3) is 0 Å². The number of aryl methyl sites for hydroxylation is 1. The van der Waals surface area contributed by atoms with Crippen LogP contribution in [0.3, 0.4) is 0 Å². The minimum absolute atomic E-state index is 0.0626. The lowest BCUT2D eigenvalue weighted by Crippen LogP contribution is -2.54. The second-order valence-electron chi connectivity index (χ2n) is 14.6. The highest BCUT2D eigenvalue weighted by Crippen LogP contribution is 2.26. The Labute approximate surface area is 298 Å². The van der Waals surface area contributed by atoms with Crippen molar-refractivity contribution in [2.24, 2.45) is 11.8 Å². The van der Waals surface area contributed by atoms with Crippen molar-refractivity contribution in [1.82, 2.24) is 15.5 Å². The average molecular weight is 686 g/mol. The third-order valence-corrected chi connectivity index (χ3v) is 8.18. The van der Waals surface area contributed by atoms with Crippen molar-refractivity contribution in [2.45, 2.75) is 97.9 Å². The molecule has 0 heterocycles. The molecule has 0 saturated heterocycles.